The Morgan fingerprint density at radius 1 is 1.36 bits per heavy atom. The number of hydrogen-bond donors (Lipinski definition) is 3. The second kappa shape index (κ2) is 6.29. The molecule has 0 saturated heterocycles. The molecule has 1 aromatic heterocycles. The second-order valence-corrected chi connectivity index (χ2v) is 7.67. The van der Waals surface area contributed by atoms with Crippen molar-refractivity contribution >= 4 is 60.6 Å². The maximum atomic E-state index is 12.0. The number of carbonyl (C=O) groups is 1. The largest absolute Gasteiger partial charge is 0.507 e. The van der Waals surface area contributed by atoms with Crippen molar-refractivity contribution in [2.24, 2.45) is 0 Å². The van der Waals surface area contributed by atoms with Gasteiger partial charge in [-0.15, -0.1) is 0 Å². The molecule has 118 valence electrons. The second-order valence-electron chi connectivity index (χ2n) is 4.13. The molecule has 0 bridgehead atoms. The molecule has 11 heteroatoms. The minimum absolute atomic E-state index is 0.0450. The average Bonchev–Trinajstić information content (AvgIpc) is 2.70. The Hall–Kier alpha value is -1.55. The predicted octanol–water partition coefficient (Wildman–Crippen LogP) is 2.78. The molecule has 1 heterocycles. The molecule has 0 atom stereocenters. The van der Waals surface area contributed by atoms with Crippen LogP contribution in [0.1, 0.15) is 10.4 Å². The highest BCUT2D eigenvalue weighted by Gasteiger charge is 2.17. The molecule has 1 aromatic carbocycles. The van der Waals surface area contributed by atoms with E-state index in [9.17, 15) is 18.3 Å². The number of phenols is 1. The molecule has 0 fully saturated rings. The van der Waals surface area contributed by atoms with Crippen LogP contribution in [0.2, 0.25) is 10.2 Å². The molecule has 1 amide bonds. The lowest BCUT2D eigenvalue weighted by Gasteiger charge is -2.04. The van der Waals surface area contributed by atoms with Crippen molar-refractivity contribution in [3.8, 4) is 5.75 Å². The standard InChI is InChI=1S/C11H9Cl2N3O4S2/c1-22(19,20)16-10-8(13)14-11(21-10)15-9(18)6-4-5(12)2-3-7(6)17/h2-4,16-17H,1H3,(H,14,15,18). The van der Waals surface area contributed by atoms with E-state index in [4.69, 9.17) is 23.2 Å². The van der Waals surface area contributed by atoms with Crippen molar-refractivity contribution in [1.82, 2.24) is 4.98 Å². The first kappa shape index (κ1) is 16.8. The van der Waals surface area contributed by atoms with Crippen LogP contribution in [0.25, 0.3) is 0 Å². The van der Waals surface area contributed by atoms with Gasteiger partial charge in [0.25, 0.3) is 5.91 Å². The smallest absolute Gasteiger partial charge is 0.261 e. The van der Waals surface area contributed by atoms with Gasteiger partial charge in [-0.1, -0.05) is 34.5 Å². The summed E-state index contributed by atoms with van der Waals surface area (Å²) in [4.78, 5) is 15.9. The number of benzene rings is 1. The first-order chi connectivity index (χ1) is 10.2. The number of thiazole rings is 1. The van der Waals surface area contributed by atoms with Crippen LogP contribution in [0, 0.1) is 0 Å². The third-order valence-corrected chi connectivity index (χ3v) is 4.50. The van der Waals surface area contributed by atoms with Crippen LogP contribution in [0.3, 0.4) is 0 Å². The highest BCUT2D eigenvalue weighted by molar-refractivity contribution is 7.92. The molecule has 0 spiro atoms. The first-order valence-corrected chi connectivity index (χ1v) is 9.06. The van der Waals surface area contributed by atoms with E-state index in [0.29, 0.717) is 0 Å². The monoisotopic (exact) mass is 381 g/mol. The Bertz CT molecular complexity index is 836. The summed E-state index contributed by atoms with van der Waals surface area (Å²) in [5.41, 5.74) is -0.0450. The van der Waals surface area contributed by atoms with Crippen LogP contribution in [0.5, 0.6) is 5.75 Å². The molecule has 2 rings (SSSR count). The highest BCUT2D eigenvalue weighted by atomic mass is 35.5. The summed E-state index contributed by atoms with van der Waals surface area (Å²) in [5, 5.41) is 12.4. The molecule has 0 radical (unpaired) electrons. The van der Waals surface area contributed by atoms with E-state index >= 15 is 0 Å². The first-order valence-electron chi connectivity index (χ1n) is 5.59. The number of sulfonamides is 1. The number of hydrogen-bond acceptors (Lipinski definition) is 6. The van der Waals surface area contributed by atoms with Gasteiger partial charge in [-0.05, 0) is 18.2 Å². The van der Waals surface area contributed by atoms with E-state index in [1.54, 1.807) is 0 Å². The fourth-order valence-corrected chi connectivity index (χ4v) is 3.62. The zero-order chi connectivity index (χ0) is 16.5. The van der Waals surface area contributed by atoms with Crippen molar-refractivity contribution < 1.29 is 18.3 Å². The van der Waals surface area contributed by atoms with Crippen LogP contribution in [0.4, 0.5) is 10.1 Å². The van der Waals surface area contributed by atoms with Crippen molar-refractivity contribution in [3.63, 3.8) is 0 Å². The molecule has 7 nitrogen and oxygen atoms in total. The summed E-state index contributed by atoms with van der Waals surface area (Å²) in [6, 6.07) is 4.00. The van der Waals surface area contributed by atoms with E-state index in [2.05, 4.69) is 15.0 Å². The number of aromatic hydroxyl groups is 1. The quantitative estimate of drug-likeness (QED) is 0.754. The van der Waals surface area contributed by atoms with Crippen molar-refractivity contribution in [1.29, 1.82) is 0 Å². The van der Waals surface area contributed by atoms with E-state index in [0.717, 1.165) is 17.6 Å². The minimum atomic E-state index is -3.51. The summed E-state index contributed by atoms with van der Waals surface area (Å²) >= 11 is 12.4. The number of nitrogens with zero attached hydrogens (tertiary/aromatic N) is 1. The maximum Gasteiger partial charge on any atom is 0.261 e. The van der Waals surface area contributed by atoms with Crippen molar-refractivity contribution in [2.45, 2.75) is 0 Å². The zero-order valence-electron chi connectivity index (χ0n) is 10.9. The summed E-state index contributed by atoms with van der Waals surface area (Å²) in [7, 11) is -3.51. The lowest BCUT2D eigenvalue weighted by atomic mass is 10.2. The summed E-state index contributed by atoms with van der Waals surface area (Å²) in [6.45, 7) is 0. The molecule has 0 saturated carbocycles. The molecule has 0 aliphatic heterocycles. The lowest BCUT2D eigenvalue weighted by molar-refractivity contribution is 0.102. The fraction of sp³-hybridized carbons (Fsp3) is 0.0909. The van der Waals surface area contributed by atoms with Gasteiger partial charge in [-0.25, -0.2) is 13.4 Å². The number of nitrogens with one attached hydrogen (secondary N) is 2. The molecule has 22 heavy (non-hydrogen) atoms. The summed E-state index contributed by atoms with van der Waals surface area (Å²) < 4.78 is 24.5. The topological polar surface area (TPSA) is 108 Å². The average molecular weight is 382 g/mol. The van der Waals surface area contributed by atoms with Gasteiger partial charge in [0, 0.05) is 5.02 Å². The summed E-state index contributed by atoms with van der Waals surface area (Å²) in [5.74, 6) is -0.907. The minimum Gasteiger partial charge on any atom is -0.507 e. The molecule has 0 aliphatic rings. The van der Waals surface area contributed by atoms with Crippen molar-refractivity contribution in [3.05, 3.63) is 33.9 Å². The van der Waals surface area contributed by atoms with Gasteiger partial charge in [0.1, 0.15) is 10.8 Å². The van der Waals surface area contributed by atoms with E-state index in [1.165, 1.54) is 18.2 Å². The van der Waals surface area contributed by atoms with Gasteiger partial charge in [0.05, 0.1) is 11.8 Å². The molecular weight excluding hydrogens is 373 g/mol. The number of halogens is 2. The van der Waals surface area contributed by atoms with Crippen LogP contribution in [-0.2, 0) is 10.0 Å². The Morgan fingerprint density at radius 3 is 2.68 bits per heavy atom. The van der Waals surface area contributed by atoms with E-state index in [1.807, 2.05) is 0 Å². The van der Waals surface area contributed by atoms with Crippen molar-refractivity contribution in [2.75, 3.05) is 16.3 Å². The fourth-order valence-electron chi connectivity index (χ4n) is 1.44. The Labute approximate surface area is 140 Å². The molecule has 0 unspecified atom stereocenters. The number of amides is 1. The van der Waals surface area contributed by atoms with Gasteiger partial charge < -0.3 is 5.11 Å². The van der Waals surface area contributed by atoms with Gasteiger partial charge >= 0.3 is 0 Å². The third-order valence-electron chi connectivity index (χ3n) is 2.29. The Morgan fingerprint density at radius 2 is 2.05 bits per heavy atom. The van der Waals surface area contributed by atoms with Crippen LogP contribution >= 0.6 is 34.5 Å². The molecule has 0 aliphatic carbocycles. The summed E-state index contributed by atoms with van der Waals surface area (Å²) in [6.07, 6.45) is 0.964. The number of rotatable bonds is 4. The van der Waals surface area contributed by atoms with E-state index < -0.39 is 15.9 Å². The predicted molar refractivity (Wildman–Crippen MR) is 86.7 cm³/mol. The van der Waals surface area contributed by atoms with Gasteiger partial charge in [-0.2, -0.15) is 0 Å². The normalized spacial score (nSPS) is 11.2. The van der Waals surface area contributed by atoms with Crippen LogP contribution in [-0.4, -0.2) is 30.7 Å². The molecule has 2 aromatic rings. The number of aromatic nitrogens is 1. The SMILES string of the molecule is CS(=O)(=O)Nc1sc(NC(=O)c2cc(Cl)ccc2O)nc1Cl. The van der Waals surface area contributed by atoms with Gasteiger partial charge in [0.2, 0.25) is 10.0 Å². The van der Waals surface area contributed by atoms with Gasteiger partial charge in [-0.3, -0.25) is 14.8 Å². The molecule has 3 N–H and O–H groups in total. The number of anilines is 2. The third kappa shape index (κ3) is 4.23. The Kier molecular flexibility index (Phi) is 4.81. The van der Waals surface area contributed by atoms with Gasteiger partial charge in [0.15, 0.2) is 10.3 Å². The van der Waals surface area contributed by atoms with E-state index in [-0.39, 0.29) is 31.6 Å². The number of carbonyl (C=O) groups excluding carboxylic acids is 1. The highest BCUT2D eigenvalue weighted by Crippen LogP contribution is 2.33. The molecular formula is C11H9Cl2N3O4S2. The maximum absolute atomic E-state index is 12.0. The van der Waals surface area contributed by atoms with Crippen LogP contribution in [0.15, 0.2) is 18.2 Å². The number of phenolic OH excluding ortho intramolecular Hbond substituents is 1. The zero-order valence-corrected chi connectivity index (χ0v) is 14.1. The lowest BCUT2D eigenvalue weighted by Crippen LogP contribution is -2.11. The van der Waals surface area contributed by atoms with Crippen LogP contribution < -0.4 is 10.0 Å². The Balaban J connectivity index is 2.22.